The standard InChI is InChI=1S/C21H20N4O/c1-14-11-18-17(13-19(14)26-3)20(24-21(22-2)23-18)15-7-6-8-16(12-15)25-9-4-5-10-25/h4-13H,1-3H3,(H,22,23,24). The minimum absolute atomic E-state index is 0.600. The molecule has 26 heavy (non-hydrogen) atoms. The number of ether oxygens (including phenoxy) is 1. The van der Waals surface area contributed by atoms with Crippen LogP contribution in [0.5, 0.6) is 5.75 Å². The average molecular weight is 344 g/mol. The van der Waals surface area contributed by atoms with E-state index in [4.69, 9.17) is 9.72 Å². The van der Waals surface area contributed by atoms with Gasteiger partial charge in [0.1, 0.15) is 5.75 Å². The van der Waals surface area contributed by atoms with Gasteiger partial charge in [0.2, 0.25) is 5.95 Å². The van der Waals surface area contributed by atoms with Crippen LogP contribution in [0.15, 0.2) is 60.9 Å². The van der Waals surface area contributed by atoms with Crippen molar-refractivity contribution in [3.8, 4) is 22.7 Å². The van der Waals surface area contributed by atoms with E-state index in [0.717, 1.165) is 39.2 Å². The molecule has 0 amide bonds. The Hall–Kier alpha value is -3.34. The molecule has 2 heterocycles. The molecule has 0 aliphatic heterocycles. The van der Waals surface area contributed by atoms with Gasteiger partial charge in [0.05, 0.1) is 18.3 Å². The summed E-state index contributed by atoms with van der Waals surface area (Å²) in [5.41, 5.74) is 4.94. The third-order valence-electron chi connectivity index (χ3n) is 4.46. The van der Waals surface area contributed by atoms with Crippen LogP contribution in [0.4, 0.5) is 5.95 Å². The third-order valence-corrected chi connectivity index (χ3v) is 4.46. The molecule has 0 aliphatic rings. The molecule has 2 aromatic heterocycles. The van der Waals surface area contributed by atoms with Crippen molar-refractivity contribution in [1.82, 2.24) is 14.5 Å². The highest BCUT2D eigenvalue weighted by Crippen LogP contribution is 2.32. The smallest absolute Gasteiger partial charge is 0.223 e. The Morgan fingerprint density at radius 2 is 1.81 bits per heavy atom. The molecule has 5 nitrogen and oxygen atoms in total. The van der Waals surface area contributed by atoms with Crippen LogP contribution in [0.1, 0.15) is 5.56 Å². The van der Waals surface area contributed by atoms with Gasteiger partial charge in [-0.05, 0) is 48.9 Å². The Morgan fingerprint density at radius 1 is 1.00 bits per heavy atom. The summed E-state index contributed by atoms with van der Waals surface area (Å²) in [4.78, 5) is 9.34. The van der Waals surface area contributed by atoms with Crippen LogP contribution in [0.2, 0.25) is 0 Å². The van der Waals surface area contributed by atoms with Crippen LogP contribution < -0.4 is 10.1 Å². The summed E-state index contributed by atoms with van der Waals surface area (Å²) in [5, 5.41) is 4.03. The van der Waals surface area contributed by atoms with Crippen LogP contribution in [0.25, 0.3) is 27.8 Å². The molecule has 0 saturated carbocycles. The van der Waals surface area contributed by atoms with Crippen molar-refractivity contribution in [1.29, 1.82) is 0 Å². The second-order valence-corrected chi connectivity index (χ2v) is 6.13. The molecule has 0 saturated heterocycles. The molecule has 5 heteroatoms. The van der Waals surface area contributed by atoms with Crippen LogP contribution in [-0.2, 0) is 0 Å². The molecule has 4 rings (SSSR count). The predicted octanol–water partition coefficient (Wildman–Crippen LogP) is 4.45. The molecule has 0 aliphatic carbocycles. The highest BCUT2D eigenvalue weighted by Gasteiger charge is 2.13. The Labute approximate surface area is 152 Å². The molecule has 2 aromatic carbocycles. The fourth-order valence-corrected chi connectivity index (χ4v) is 3.13. The maximum absolute atomic E-state index is 5.51. The Bertz CT molecular complexity index is 1070. The van der Waals surface area contributed by atoms with Crippen molar-refractivity contribution in [3.63, 3.8) is 0 Å². The van der Waals surface area contributed by atoms with Gasteiger partial charge in [-0.15, -0.1) is 0 Å². The third kappa shape index (κ3) is 2.77. The molecule has 0 fully saturated rings. The Kier molecular flexibility index (Phi) is 4.05. The topological polar surface area (TPSA) is 52.0 Å². The number of anilines is 1. The van der Waals surface area contributed by atoms with Gasteiger partial charge in [-0.3, -0.25) is 0 Å². The normalized spacial score (nSPS) is 10.9. The van der Waals surface area contributed by atoms with Gasteiger partial charge in [-0.2, -0.15) is 0 Å². The van der Waals surface area contributed by atoms with E-state index in [-0.39, 0.29) is 0 Å². The van der Waals surface area contributed by atoms with Crippen LogP contribution in [0, 0.1) is 6.92 Å². The number of hydrogen-bond acceptors (Lipinski definition) is 4. The van der Waals surface area contributed by atoms with E-state index in [0.29, 0.717) is 5.95 Å². The van der Waals surface area contributed by atoms with Gasteiger partial charge in [0.15, 0.2) is 0 Å². The highest BCUT2D eigenvalue weighted by molar-refractivity contribution is 5.95. The zero-order valence-electron chi connectivity index (χ0n) is 15.0. The maximum Gasteiger partial charge on any atom is 0.223 e. The molecular formula is C21H20N4O. The monoisotopic (exact) mass is 344 g/mol. The molecule has 0 unspecified atom stereocenters. The number of hydrogen-bond donors (Lipinski definition) is 1. The fourth-order valence-electron chi connectivity index (χ4n) is 3.13. The van der Waals surface area contributed by atoms with Gasteiger partial charge in [-0.1, -0.05) is 12.1 Å². The lowest BCUT2D eigenvalue weighted by Crippen LogP contribution is -2.00. The van der Waals surface area contributed by atoms with Crippen molar-refractivity contribution < 1.29 is 4.74 Å². The lowest BCUT2D eigenvalue weighted by atomic mass is 10.0. The second-order valence-electron chi connectivity index (χ2n) is 6.13. The molecule has 4 aromatic rings. The lowest BCUT2D eigenvalue weighted by molar-refractivity contribution is 0.412. The first-order valence-electron chi connectivity index (χ1n) is 8.47. The predicted molar refractivity (Wildman–Crippen MR) is 105 cm³/mol. The molecule has 0 atom stereocenters. The number of nitrogens with one attached hydrogen (secondary N) is 1. The quantitative estimate of drug-likeness (QED) is 0.594. The molecule has 0 spiro atoms. The second kappa shape index (κ2) is 6.52. The Morgan fingerprint density at radius 3 is 2.54 bits per heavy atom. The summed E-state index contributed by atoms with van der Waals surface area (Å²) in [6.07, 6.45) is 4.06. The van der Waals surface area contributed by atoms with E-state index in [1.807, 2.05) is 56.7 Å². The first-order chi connectivity index (χ1) is 12.7. The molecule has 0 bridgehead atoms. The number of rotatable bonds is 4. The first-order valence-corrected chi connectivity index (χ1v) is 8.47. The Balaban J connectivity index is 1.97. The summed E-state index contributed by atoms with van der Waals surface area (Å²) in [7, 11) is 3.51. The van der Waals surface area contributed by atoms with Crippen LogP contribution in [0.3, 0.4) is 0 Å². The van der Waals surface area contributed by atoms with Gasteiger partial charge in [-0.25, -0.2) is 9.97 Å². The summed E-state index contributed by atoms with van der Waals surface area (Å²) in [5.74, 6) is 1.43. The number of aromatic nitrogens is 3. The van der Waals surface area contributed by atoms with Crippen molar-refractivity contribution in [2.45, 2.75) is 6.92 Å². The lowest BCUT2D eigenvalue weighted by Gasteiger charge is -2.13. The number of benzene rings is 2. The van der Waals surface area contributed by atoms with Gasteiger partial charge < -0.3 is 14.6 Å². The van der Waals surface area contributed by atoms with E-state index in [1.54, 1.807) is 7.11 Å². The summed E-state index contributed by atoms with van der Waals surface area (Å²) in [6.45, 7) is 2.02. The zero-order chi connectivity index (χ0) is 18.1. The minimum Gasteiger partial charge on any atom is -0.496 e. The van der Waals surface area contributed by atoms with E-state index in [2.05, 4.69) is 33.1 Å². The van der Waals surface area contributed by atoms with Gasteiger partial charge in [0.25, 0.3) is 0 Å². The summed E-state index contributed by atoms with van der Waals surface area (Å²) >= 11 is 0. The van der Waals surface area contributed by atoms with Crippen molar-refractivity contribution in [3.05, 3.63) is 66.5 Å². The zero-order valence-corrected chi connectivity index (χ0v) is 15.0. The summed E-state index contributed by atoms with van der Waals surface area (Å²) < 4.78 is 7.59. The number of methoxy groups -OCH3 is 1. The molecule has 1 N–H and O–H groups in total. The highest BCUT2D eigenvalue weighted by atomic mass is 16.5. The van der Waals surface area contributed by atoms with Gasteiger partial charge in [0, 0.05) is 36.1 Å². The van der Waals surface area contributed by atoms with Crippen molar-refractivity contribution in [2.75, 3.05) is 19.5 Å². The van der Waals surface area contributed by atoms with Crippen molar-refractivity contribution >= 4 is 16.9 Å². The minimum atomic E-state index is 0.600. The average Bonchev–Trinajstić information content (AvgIpc) is 3.21. The number of fused-ring (bicyclic) bond motifs is 1. The maximum atomic E-state index is 5.51. The van der Waals surface area contributed by atoms with E-state index < -0.39 is 0 Å². The first kappa shape index (κ1) is 16.1. The molecule has 0 radical (unpaired) electrons. The SMILES string of the molecule is CNc1nc(-c2cccc(-n3cccc3)c2)c2cc(OC)c(C)cc2n1. The molecular weight excluding hydrogens is 324 g/mol. The van der Waals surface area contributed by atoms with Gasteiger partial charge >= 0.3 is 0 Å². The van der Waals surface area contributed by atoms with E-state index in [1.165, 1.54) is 0 Å². The van der Waals surface area contributed by atoms with Crippen LogP contribution >= 0.6 is 0 Å². The van der Waals surface area contributed by atoms with E-state index in [9.17, 15) is 0 Å². The van der Waals surface area contributed by atoms with E-state index >= 15 is 0 Å². The summed E-state index contributed by atoms with van der Waals surface area (Å²) in [6, 6.07) is 16.4. The number of aryl methyl sites for hydroxylation is 1. The molecule has 130 valence electrons. The largest absolute Gasteiger partial charge is 0.496 e. The van der Waals surface area contributed by atoms with Crippen molar-refractivity contribution in [2.24, 2.45) is 0 Å². The number of nitrogens with zero attached hydrogens (tertiary/aromatic N) is 3. The van der Waals surface area contributed by atoms with Crippen LogP contribution in [-0.4, -0.2) is 28.7 Å². The fraction of sp³-hybridized carbons (Fsp3) is 0.143.